The van der Waals surface area contributed by atoms with Gasteiger partial charge in [0, 0.05) is 55.1 Å². The van der Waals surface area contributed by atoms with E-state index in [1.165, 1.54) is 16.6 Å². The number of aromatic nitrogens is 5. The van der Waals surface area contributed by atoms with Gasteiger partial charge in [-0.05, 0) is 57.3 Å². The van der Waals surface area contributed by atoms with Crippen LogP contribution in [0.25, 0.3) is 22.2 Å². The lowest BCUT2D eigenvalue weighted by molar-refractivity contribution is 0.170. The van der Waals surface area contributed by atoms with Gasteiger partial charge in [0.05, 0.1) is 15.4 Å². The molecule has 1 aliphatic rings. The molecule has 0 spiro atoms. The Balaban J connectivity index is 1.34. The molecule has 2 aromatic carbocycles. The van der Waals surface area contributed by atoms with E-state index in [1.807, 2.05) is 12.1 Å². The highest BCUT2D eigenvalue weighted by Crippen LogP contribution is 2.29. The molecule has 0 radical (unpaired) electrons. The first-order valence-electron chi connectivity index (χ1n) is 12.4. The van der Waals surface area contributed by atoms with Crippen molar-refractivity contribution in [1.82, 2.24) is 29.0 Å². The van der Waals surface area contributed by atoms with Crippen LogP contribution in [0.2, 0.25) is 10.0 Å². The first kappa shape index (κ1) is 24.7. The minimum atomic E-state index is -0.355. The average molecular weight is 549 g/mol. The molecule has 1 fully saturated rings. The van der Waals surface area contributed by atoms with E-state index < -0.39 is 0 Å². The monoisotopic (exact) mass is 548 g/mol. The molecule has 194 valence electrons. The number of hydrogen-bond acceptors (Lipinski definition) is 7. The molecule has 1 N–H and O–H groups in total. The second-order valence-corrected chi connectivity index (χ2v) is 10.5. The number of halogens is 2. The third kappa shape index (κ3) is 4.16. The Morgan fingerprint density at radius 2 is 1.66 bits per heavy atom. The lowest BCUT2D eigenvalue weighted by Crippen LogP contribution is -2.55. The minimum Gasteiger partial charge on any atom is -0.368 e. The van der Waals surface area contributed by atoms with Gasteiger partial charge < -0.3 is 10.2 Å². The zero-order valence-electron chi connectivity index (χ0n) is 21.1. The first-order valence-corrected chi connectivity index (χ1v) is 13.1. The molecule has 0 amide bonds. The second kappa shape index (κ2) is 9.58. The average Bonchev–Trinajstić information content (AvgIpc) is 3.39. The number of fused-ring (bicyclic) bond motifs is 3. The van der Waals surface area contributed by atoms with Gasteiger partial charge in [0.25, 0.3) is 5.56 Å². The topological polar surface area (TPSA) is 83.6 Å². The van der Waals surface area contributed by atoms with Crippen molar-refractivity contribution in [3.63, 3.8) is 0 Å². The van der Waals surface area contributed by atoms with E-state index >= 15 is 0 Å². The van der Waals surface area contributed by atoms with Crippen LogP contribution in [0.5, 0.6) is 0 Å². The van der Waals surface area contributed by atoms with Crippen molar-refractivity contribution in [2.45, 2.75) is 25.9 Å². The molecule has 2 atom stereocenters. The molecule has 9 nitrogen and oxygen atoms in total. The molecule has 6 rings (SSSR count). The van der Waals surface area contributed by atoms with Crippen LogP contribution in [0.15, 0.2) is 65.8 Å². The van der Waals surface area contributed by atoms with Gasteiger partial charge in [0.1, 0.15) is 11.2 Å². The van der Waals surface area contributed by atoms with E-state index in [9.17, 15) is 4.79 Å². The number of piperazine rings is 1. The quantitative estimate of drug-likeness (QED) is 0.338. The number of rotatable bonds is 4. The Bertz CT molecular complexity index is 1680. The fourth-order valence-corrected chi connectivity index (χ4v) is 5.57. The van der Waals surface area contributed by atoms with E-state index in [0.717, 1.165) is 18.8 Å². The maximum Gasteiger partial charge on any atom is 0.281 e. The molecule has 0 unspecified atom stereocenters. The number of imidazole rings is 1. The van der Waals surface area contributed by atoms with Gasteiger partial charge >= 0.3 is 0 Å². The molecule has 0 saturated carbocycles. The molecule has 11 heteroatoms. The number of benzene rings is 2. The minimum absolute atomic E-state index is 0.305. The fraction of sp³-hybridized carbons (Fsp3) is 0.259. The van der Waals surface area contributed by atoms with Crippen LogP contribution in [0.3, 0.4) is 0 Å². The SMILES string of the molecule is C[C@@H]1CN(c2ccc(Nc3ncc4c(=O)n(-c5c(Cl)cccc5Cl)n5ccnc5c4n3)cc2)C[C@H](C)N1C. The number of nitrogens with zero attached hydrogens (tertiary/aromatic N) is 7. The van der Waals surface area contributed by atoms with Crippen LogP contribution in [0.1, 0.15) is 13.8 Å². The molecule has 4 heterocycles. The summed E-state index contributed by atoms with van der Waals surface area (Å²) in [5.74, 6) is 0.366. The Hall–Kier alpha value is -3.66. The maximum absolute atomic E-state index is 13.6. The third-order valence-electron chi connectivity index (χ3n) is 7.26. The highest BCUT2D eigenvalue weighted by molar-refractivity contribution is 6.37. The summed E-state index contributed by atoms with van der Waals surface area (Å²) in [4.78, 5) is 31.9. The molecule has 0 bridgehead atoms. The fourth-order valence-electron chi connectivity index (χ4n) is 5.01. The molecule has 1 aliphatic heterocycles. The standard InChI is InChI=1S/C27H26Cl2N8O/c1-16-14-35(15-17(2)34(16)3)19-9-7-18(8-10-19)32-27-31-13-20-23(33-27)25-30-11-12-36(25)37(26(20)38)24-21(28)5-4-6-22(24)29/h4-13,16-17H,14-15H2,1-3H3,(H,31,32,33)/t16-,17+. The lowest BCUT2D eigenvalue weighted by Gasteiger charge is -2.43. The second-order valence-electron chi connectivity index (χ2n) is 9.68. The van der Waals surface area contributed by atoms with Crippen molar-refractivity contribution in [2.24, 2.45) is 0 Å². The summed E-state index contributed by atoms with van der Waals surface area (Å²) in [6.45, 7) is 6.48. The number of hydrogen-bond donors (Lipinski definition) is 1. The van der Waals surface area contributed by atoms with Gasteiger partial charge in [-0.3, -0.25) is 9.69 Å². The van der Waals surface area contributed by atoms with Gasteiger partial charge in [0.2, 0.25) is 5.95 Å². The van der Waals surface area contributed by atoms with E-state index in [2.05, 4.69) is 63.1 Å². The molecular weight excluding hydrogens is 523 g/mol. The van der Waals surface area contributed by atoms with Crippen LogP contribution in [0, 0.1) is 0 Å². The van der Waals surface area contributed by atoms with Gasteiger partial charge in [-0.2, -0.15) is 0 Å². The summed E-state index contributed by atoms with van der Waals surface area (Å²) in [7, 11) is 2.18. The van der Waals surface area contributed by atoms with Crippen molar-refractivity contribution >= 4 is 57.1 Å². The van der Waals surface area contributed by atoms with Crippen LogP contribution in [-0.2, 0) is 0 Å². The molecule has 1 saturated heterocycles. The van der Waals surface area contributed by atoms with Gasteiger partial charge in [-0.15, -0.1) is 0 Å². The Kier molecular flexibility index (Phi) is 6.22. The highest BCUT2D eigenvalue weighted by Gasteiger charge is 2.26. The predicted molar refractivity (Wildman–Crippen MR) is 153 cm³/mol. The van der Waals surface area contributed by atoms with Gasteiger partial charge in [0.15, 0.2) is 5.65 Å². The highest BCUT2D eigenvalue weighted by atomic mass is 35.5. The Morgan fingerprint density at radius 3 is 2.34 bits per heavy atom. The van der Waals surface area contributed by atoms with Crippen LogP contribution in [-0.4, -0.2) is 61.3 Å². The van der Waals surface area contributed by atoms with Crippen molar-refractivity contribution in [2.75, 3.05) is 30.4 Å². The maximum atomic E-state index is 13.6. The Morgan fingerprint density at radius 1 is 0.974 bits per heavy atom. The molecule has 5 aromatic rings. The predicted octanol–water partition coefficient (Wildman–Crippen LogP) is 5.01. The zero-order valence-corrected chi connectivity index (χ0v) is 22.6. The summed E-state index contributed by atoms with van der Waals surface area (Å²) in [6.07, 6.45) is 4.78. The normalized spacial score (nSPS) is 18.4. The summed E-state index contributed by atoms with van der Waals surface area (Å²) in [5, 5.41) is 4.25. The van der Waals surface area contributed by atoms with Gasteiger partial charge in [-0.1, -0.05) is 29.3 Å². The number of likely N-dealkylation sites (N-methyl/N-ethyl adjacent to an activating group) is 1. The van der Waals surface area contributed by atoms with Crippen molar-refractivity contribution < 1.29 is 0 Å². The van der Waals surface area contributed by atoms with Crippen molar-refractivity contribution in [3.05, 3.63) is 81.5 Å². The first-order chi connectivity index (χ1) is 18.3. The number of anilines is 3. The Labute approximate surface area is 229 Å². The van der Waals surface area contributed by atoms with Crippen molar-refractivity contribution in [1.29, 1.82) is 0 Å². The third-order valence-corrected chi connectivity index (χ3v) is 7.87. The number of nitrogens with one attached hydrogen (secondary N) is 1. The summed E-state index contributed by atoms with van der Waals surface area (Å²) < 4.78 is 2.99. The van der Waals surface area contributed by atoms with Crippen LogP contribution in [0.4, 0.5) is 17.3 Å². The lowest BCUT2D eigenvalue weighted by atomic mass is 10.1. The van der Waals surface area contributed by atoms with Gasteiger partial charge in [-0.25, -0.2) is 24.1 Å². The number of para-hydroxylation sites is 1. The zero-order chi connectivity index (χ0) is 26.6. The molecule has 0 aliphatic carbocycles. The van der Waals surface area contributed by atoms with E-state index in [1.54, 1.807) is 35.1 Å². The molecular formula is C27H26Cl2N8O. The van der Waals surface area contributed by atoms with Crippen LogP contribution >= 0.6 is 23.2 Å². The molecule has 3 aromatic heterocycles. The van der Waals surface area contributed by atoms with E-state index in [-0.39, 0.29) is 5.56 Å². The van der Waals surface area contributed by atoms with E-state index in [4.69, 9.17) is 23.2 Å². The largest absolute Gasteiger partial charge is 0.368 e. The summed E-state index contributed by atoms with van der Waals surface area (Å²) in [6, 6.07) is 14.3. The summed E-state index contributed by atoms with van der Waals surface area (Å²) >= 11 is 12.9. The van der Waals surface area contributed by atoms with Crippen molar-refractivity contribution in [3.8, 4) is 5.69 Å². The summed E-state index contributed by atoms with van der Waals surface area (Å²) in [5.41, 5.74) is 2.95. The van der Waals surface area contributed by atoms with Crippen LogP contribution < -0.4 is 15.8 Å². The smallest absolute Gasteiger partial charge is 0.281 e. The van der Waals surface area contributed by atoms with E-state index in [0.29, 0.717) is 50.3 Å². The molecule has 38 heavy (non-hydrogen) atoms.